The van der Waals surface area contributed by atoms with E-state index in [-0.39, 0.29) is 5.92 Å². The molecule has 1 fully saturated rings. The van der Waals surface area contributed by atoms with E-state index >= 15 is 0 Å². The molecule has 10 heteroatoms. The van der Waals surface area contributed by atoms with Crippen LogP contribution in [0.4, 0.5) is 19.0 Å². The zero-order valence-corrected chi connectivity index (χ0v) is 15.1. The molecule has 0 bridgehead atoms. The number of hydrogen-bond acceptors (Lipinski definition) is 6. The van der Waals surface area contributed by atoms with Crippen LogP contribution in [0.15, 0.2) is 11.7 Å². The van der Waals surface area contributed by atoms with Gasteiger partial charge in [-0.15, -0.1) is 11.3 Å². The molecule has 138 valence electrons. The van der Waals surface area contributed by atoms with E-state index in [0.29, 0.717) is 17.3 Å². The quantitative estimate of drug-likeness (QED) is 0.678. The van der Waals surface area contributed by atoms with E-state index in [2.05, 4.69) is 25.0 Å². The number of thiazole rings is 1. The molecule has 0 amide bonds. The Hall–Kier alpha value is -2.23. The van der Waals surface area contributed by atoms with E-state index in [1.165, 1.54) is 6.33 Å². The number of anilines is 1. The number of alkyl halides is 3. The van der Waals surface area contributed by atoms with E-state index < -0.39 is 11.9 Å². The first-order valence-corrected chi connectivity index (χ1v) is 9.17. The molecule has 1 aliphatic heterocycles. The van der Waals surface area contributed by atoms with Crippen LogP contribution in [0.1, 0.15) is 40.7 Å². The van der Waals surface area contributed by atoms with Crippen LogP contribution in [0, 0.1) is 13.8 Å². The van der Waals surface area contributed by atoms with Crippen molar-refractivity contribution in [1.82, 2.24) is 24.6 Å². The highest BCUT2D eigenvalue weighted by Crippen LogP contribution is 2.36. The van der Waals surface area contributed by atoms with Gasteiger partial charge in [0.1, 0.15) is 12.1 Å². The molecular formula is C16H17F3N6S. The largest absolute Gasteiger partial charge is 0.434 e. The molecule has 1 aliphatic rings. The fraction of sp³-hybridized carbons (Fsp3) is 0.500. The lowest BCUT2D eigenvalue weighted by atomic mass is 9.98. The second-order valence-corrected chi connectivity index (χ2v) is 7.36. The molecule has 26 heavy (non-hydrogen) atoms. The number of aryl methyl sites for hydroxylation is 1. The second-order valence-electron chi connectivity index (χ2n) is 6.47. The molecular weight excluding hydrogens is 365 g/mol. The van der Waals surface area contributed by atoms with E-state index in [9.17, 15) is 13.2 Å². The summed E-state index contributed by atoms with van der Waals surface area (Å²) in [5, 5.41) is 5.91. The van der Waals surface area contributed by atoms with E-state index in [0.717, 1.165) is 53.2 Å². The minimum atomic E-state index is -4.39. The van der Waals surface area contributed by atoms with E-state index in [1.807, 2.05) is 13.8 Å². The first-order chi connectivity index (χ1) is 12.3. The van der Waals surface area contributed by atoms with Crippen LogP contribution in [0.3, 0.4) is 0 Å². The molecule has 0 aliphatic carbocycles. The maximum atomic E-state index is 12.9. The molecule has 1 unspecified atom stereocenters. The Kier molecular flexibility index (Phi) is 4.09. The summed E-state index contributed by atoms with van der Waals surface area (Å²) in [5.74, 6) is 1.40. The molecule has 0 saturated carbocycles. The van der Waals surface area contributed by atoms with Crippen molar-refractivity contribution >= 4 is 22.9 Å². The van der Waals surface area contributed by atoms with Crippen molar-refractivity contribution < 1.29 is 13.2 Å². The normalized spacial score (nSPS) is 18.7. The molecule has 1 saturated heterocycles. The number of rotatable bonds is 2. The van der Waals surface area contributed by atoms with Gasteiger partial charge in [0.2, 0.25) is 0 Å². The summed E-state index contributed by atoms with van der Waals surface area (Å²) in [6.07, 6.45) is -1.23. The number of halogens is 3. The number of fused-ring (bicyclic) bond motifs is 1. The second kappa shape index (κ2) is 6.19. The van der Waals surface area contributed by atoms with Gasteiger partial charge < -0.3 is 4.90 Å². The monoisotopic (exact) mass is 382 g/mol. The van der Waals surface area contributed by atoms with Crippen molar-refractivity contribution in [2.45, 2.75) is 38.8 Å². The van der Waals surface area contributed by atoms with E-state index in [1.54, 1.807) is 4.52 Å². The number of nitrogens with zero attached hydrogens (tertiary/aromatic N) is 6. The maximum absolute atomic E-state index is 12.9. The fourth-order valence-electron chi connectivity index (χ4n) is 3.36. The highest BCUT2D eigenvalue weighted by atomic mass is 32.1. The van der Waals surface area contributed by atoms with Gasteiger partial charge in [-0.25, -0.2) is 9.97 Å². The van der Waals surface area contributed by atoms with Gasteiger partial charge >= 0.3 is 6.18 Å². The summed E-state index contributed by atoms with van der Waals surface area (Å²) in [6.45, 7) is 5.32. The molecule has 0 aromatic carbocycles. The van der Waals surface area contributed by atoms with Crippen LogP contribution < -0.4 is 4.90 Å². The topological polar surface area (TPSA) is 59.2 Å². The minimum absolute atomic E-state index is 0.0312. The number of aromatic nitrogens is 5. The molecule has 4 heterocycles. The zero-order valence-electron chi connectivity index (χ0n) is 14.3. The SMILES string of the molecule is Cc1nc2ncnn2c(N2CCCC(c3nc(C(F)(F)F)cs3)C2)c1C. The highest BCUT2D eigenvalue weighted by Gasteiger charge is 2.35. The molecule has 6 nitrogen and oxygen atoms in total. The molecule has 4 rings (SSSR count). The average molecular weight is 382 g/mol. The van der Waals surface area contributed by atoms with Crippen LogP contribution in [0.25, 0.3) is 5.78 Å². The van der Waals surface area contributed by atoms with Crippen molar-refractivity contribution in [3.05, 3.63) is 33.7 Å². The predicted octanol–water partition coefficient (Wildman–Crippen LogP) is 3.60. The van der Waals surface area contributed by atoms with Crippen molar-refractivity contribution in [2.75, 3.05) is 18.0 Å². The Morgan fingerprint density at radius 1 is 1.23 bits per heavy atom. The van der Waals surface area contributed by atoms with Crippen LogP contribution in [0.5, 0.6) is 0 Å². The van der Waals surface area contributed by atoms with Crippen molar-refractivity contribution in [3.8, 4) is 0 Å². The molecule has 1 atom stereocenters. The number of piperidine rings is 1. The van der Waals surface area contributed by atoms with Gasteiger partial charge in [0.05, 0.1) is 5.01 Å². The Labute approximate surface area is 151 Å². The molecule has 0 N–H and O–H groups in total. The lowest BCUT2D eigenvalue weighted by molar-refractivity contribution is -0.140. The standard InChI is InChI=1S/C16H17F3N6S/c1-9-10(2)22-15-20-8-21-25(15)14(9)24-5-3-4-11(6-24)13-23-12(7-26-13)16(17,18)19/h7-8,11H,3-6H2,1-2H3. The van der Waals surface area contributed by atoms with Crippen LogP contribution >= 0.6 is 11.3 Å². The summed E-state index contributed by atoms with van der Waals surface area (Å²) in [5.41, 5.74) is 1.07. The predicted molar refractivity (Wildman–Crippen MR) is 91.6 cm³/mol. The van der Waals surface area contributed by atoms with Gasteiger partial charge in [-0.3, -0.25) is 0 Å². The third-order valence-electron chi connectivity index (χ3n) is 4.76. The van der Waals surface area contributed by atoms with Gasteiger partial charge in [0, 0.05) is 35.6 Å². The molecule has 3 aromatic heterocycles. The van der Waals surface area contributed by atoms with Crippen LogP contribution in [0.2, 0.25) is 0 Å². The Morgan fingerprint density at radius 3 is 2.77 bits per heavy atom. The summed E-state index contributed by atoms with van der Waals surface area (Å²) >= 11 is 1.09. The maximum Gasteiger partial charge on any atom is 0.434 e. The van der Waals surface area contributed by atoms with Crippen molar-refractivity contribution in [2.24, 2.45) is 0 Å². The fourth-order valence-corrected chi connectivity index (χ4v) is 4.32. The third kappa shape index (κ3) is 2.91. The van der Waals surface area contributed by atoms with Gasteiger partial charge in [0.15, 0.2) is 5.69 Å². The van der Waals surface area contributed by atoms with Crippen molar-refractivity contribution in [1.29, 1.82) is 0 Å². The summed E-state index contributed by atoms with van der Waals surface area (Å²) in [6, 6.07) is 0. The summed E-state index contributed by atoms with van der Waals surface area (Å²) in [7, 11) is 0. The average Bonchev–Trinajstić information content (AvgIpc) is 3.24. The van der Waals surface area contributed by atoms with Gasteiger partial charge in [-0.2, -0.15) is 27.8 Å². The number of hydrogen-bond donors (Lipinski definition) is 0. The minimum Gasteiger partial charge on any atom is -0.355 e. The first kappa shape index (κ1) is 17.2. The lowest BCUT2D eigenvalue weighted by Crippen LogP contribution is -2.36. The van der Waals surface area contributed by atoms with Crippen LogP contribution in [-0.4, -0.2) is 37.7 Å². The summed E-state index contributed by atoms with van der Waals surface area (Å²) < 4.78 is 40.3. The smallest absolute Gasteiger partial charge is 0.355 e. The van der Waals surface area contributed by atoms with Gasteiger partial charge in [-0.05, 0) is 26.7 Å². The lowest BCUT2D eigenvalue weighted by Gasteiger charge is -2.34. The molecule has 0 spiro atoms. The first-order valence-electron chi connectivity index (χ1n) is 8.29. The molecule has 3 aromatic rings. The Bertz CT molecular complexity index is 947. The Balaban J connectivity index is 1.67. The highest BCUT2D eigenvalue weighted by molar-refractivity contribution is 7.09. The van der Waals surface area contributed by atoms with Gasteiger partial charge in [0.25, 0.3) is 5.78 Å². The van der Waals surface area contributed by atoms with Gasteiger partial charge in [-0.1, -0.05) is 0 Å². The van der Waals surface area contributed by atoms with Crippen LogP contribution in [-0.2, 0) is 6.18 Å². The molecule has 0 radical (unpaired) electrons. The Morgan fingerprint density at radius 2 is 2.04 bits per heavy atom. The van der Waals surface area contributed by atoms with Crippen molar-refractivity contribution in [3.63, 3.8) is 0 Å². The third-order valence-corrected chi connectivity index (χ3v) is 5.77. The van der Waals surface area contributed by atoms with E-state index in [4.69, 9.17) is 0 Å². The summed E-state index contributed by atoms with van der Waals surface area (Å²) in [4.78, 5) is 14.6. The zero-order chi connectivity index (χ0) is 18.5.